The molecule has 0 aliphatic carbocycles. The van der Waals surface area contributed by atoms with E-state index >= 15 is 0 Å². The van der Waals surface area contributed by atoms with Crippen LogP contribution in [0, 0.1) is 0 Å². The summed E-state index contributed by atoms with van der Waals surface area (Å²) in [7, 11) is 2.01. The van der Waals surface area contributed by atoms with E-state index in [-0.39, 0.29) is 0 Å². The van der Waals surface area contributed by atoms with Crippen molar-refractivity contribution < 1.29 is 4.74 Å². The van der Waals surface area contributed by atoms with Crippen LogP contribution < -0.4 is 5.32 Å². The molecule has 2 atom stereocenters. The number of nitrogens with one attached hydrogen (secondary N) is 1. The van der Waals surface area contributed by atoms with Gasteiger partial charge in [-0.15, -0.1) is 6.58 Å². The Bertz CT molecular complexity index is 130. The zero-order chi connectivity index (χ0) is 10.8. The minimum absolute atomic E-state index is 0.356. The molecule has 0 aromatic rings. The van der Waals surface area contributed by atoms with Crippen LogP contribution in [0.25, 0.3) is 0 Å². The second-order valence-corrected chi connectivity index (χ2v) is 3.54. The van der Waals surface area contributed by atoms with Gasteiger partial charge < -0.3 is 10.1 Å². The molecule has 0 saturated heterocycles. The minimum atomic E-state index is 0.356. The maximum absolute atomic E-state index is 5.74. The standard InChI is InChI=1S/C12H25NO/c1-5-8-10-11(13-4)12(9-6-2)14-7-3/h5,11-13H,1,6-10H2,2-4H3. The van der Waals surface area contributed by atoms with E-state index in [2.05, 4.69) is 25.7 Å². The van der Waals surface area contributed by atoms with E-state index in [0.717, 1.165) is 25.9 Å². The van der Waals surface area contributed by atoms with Crippen molar-refractivity contribution in [2.45, 2.75) is 51.7 Å². The summed E-state index contributed by atoms with van der Waals surface area (Å²) in [6.07, 6.45) is 6.81. The lowest BCUT2D eigenvalue weighted by molar-refractivity contribution is 0.0281. The van der Waals surface area contributed by atoms with Crippen LogP contribution in [0.5, 0.6) is 0 Å². The Balaban J connectivity index is 4.02. The molecule has 0 aromatic carbocycles. The molecule has 0 saturated carbocycles. The Kier molecular flexibility index (Phi) is 9.00. The summed E-state index contributed by atoms with van der Waals surface area (Å²) in [5, 5.41) is 3.33. The molecule has 2 heteroatoms. The maximum atomic E-state index is 5.74. The number of ether oxygens (including phenoxy) is 1. The predicted molar refractivity (Wildman–Crippen MR) is 62.6 cm³/mol. The van der Waals surface area contributed by atoms with Crippen molar-refractivity contribution in [1.82, 2.24) is 5.32 Å². The van der Waals surface area contributed by atoms with Gasteiger partial charge in [-0.1, -0.05) is 19.4 Å². The highest BCUT2D eigenvalue weighted by atomic mass is 16.5. The first kappa shape index (κ1) is 13.7. The summed E-state index contributed by atoms with van der Waals surface area (Å²) in [6, 6.07) is 0.466. The van der Waals surface area contributed by atoms with Crippen molar-refractivity contribution in [3.8, 4) is 0 Å². The normalized spacial score (nSPS) is 15.1. The lowest BCUT2D eigenvalue weighted by atomic mass is 10.0. The average molecular weight is 199 g/mol. The van der Waals surface area contributed by atoms with E-state index in [9.17, 15) is 0 Å². The Morgan fingerprint density at radius 1 is 1.36 bits per heavy atom. The Labute approximate surface area is 88.7 Å². The van der Waals surface area contributed by atoms with Crippen molar-refractivity contribution >= 4 is 0 Å². The molecular weight excluding hydrogens is 174 g/mol. The lowest BCUT2D eigenvalue weighted by Gasteiger charge is -2.26. The Morgan fingerprint density at radius 3 is 2.50 bits per heavy atom. The highest BCUT2D eigenvalue weighted by molar-refractivity contribution is 4.79. The summed E-state index contributed by atoms with van der Waals surface area (Å²) in [5.74, 6) is 0. The largest absolute Gasteiger partial charge is 0.377 e. The van der Waals surface area contributed by atoms with Crippen LogP contribution in [-0.4, -0.2) is 25.8 Å². The molecule has 2 nitrogen and oxygen atoms in total. The molecule has 0 aliphatic rings. The van der Waals surface area contributed by atoms with Gasteiger partial charge in [0, 0.05) is 12.6 Å². The predicted octanol–water partition coefficient (Wildman–Crippen LogP) is 2.75. The van der Waals surface area contributed by atoms with Crippen LogP contribution in [0.15, 0.2) is 12.7 Å². The molecule has 84 valence electrons. The molecular formula is C12H25NO. The highest BCUT2D eigenvalue weighted by Crippen LogP contribution is 2.12. The summed E-state index contributed by atoms with van der Waals surface area (Å²) in [4.78, 5) is 0. The van der Waals surface area contributed by atoms with Crippen LogP contribution in [0.1, 0.15) is 39.5 Å². The smallest absolute Gasteiger partial charge is 0.0727 e. The molecule has 2 unspecified atom stereocenters. The molecule has 0 rings (SSSR count). The topological polar surface area (TPSA) is 21.3 Å². The van der Waals surface area contributed by atoms with Gasteiger partial charge in [0.25, 0.3) is 0 Å². The van der Waals surface area contributed by atoms with Crippen LogP contribution in [0.4, 0.5) is 0 Å². The van der Waals surface area contributed by atoms with Crippen molar-refractivity contribution in [2.24, 2.45) is 0 Å². The molecule has 0 aliphatic heterocycles. The maximum Gasteiger partial charge on any atom is 0.0727 e. The molecule has 0 heterocycles. The van der Waals surface area contributed by atoms with Gasteiger partial charge in [-0.3, -0.25) is 0 Å². The van der Waals surface area contributed by atoms with E-state index in [1.807, 2.05) is 13.1 Å². The van der Waals surface area contributed by atoms with Gasteiger partial charge in [0.1, 0.15) is 0 Å². The van der Waals surface area contributed by atoms with Crippen molar-refractivity contribution in [3.63, 3.8) is 0 Å². The van der Waals surface area contributed by atoms with E-state index in [1.54, 1.807) is 0 Å². The van der Waals surface area contributed by atoms with Gasteiger partial charge in [0.15, 0.2) is 0 Å². The van der Waals surface area contributed by atoms with Gasteiger partial charge in [0.05, 0.1) is 6.10 Å². The number of likely N-dealkylation sites (N-methyl/N-ethyl adjacent to an activating group) is 1. The number of rotatable bonds is 9. The zero-order valence-electron chi connectivity index (χ0n) is 9.88. The second-order valence-electron chi connectivity index (χ2n) is 3.54. The van der Waals surface area contributed by atoms with Gasteiger partial charge in [0.2, 0.25) is 0 Å². The average Bonchev–Trinajstić information content (AvgIpc) is 2.19. The molecule has 0 spiro atoms. The molecule has 0 fully saturated rings. The van der Waals surface area contributed by atoms with Crippen molar-refractivity contribution in [2.75, 3.05) is 13.7 Å². The monoisotopic (exact) mass is 199 g/mol. The van der Waals surface area contributed by atoms with Gasteiger partial charge >= 0.3 is 0 Å². The zero-order valence-corrected chi connectivity index (χ0v) is 9.88. The summed E-state index contributed by atoms with van der Waals surface area (Å²) < 4.78 is 5.74. The second kappa shape index (κ2) is 9.22. The van der Waals surface area contributed by atoms with E-state index in [4.69, 9.17) is 4.74 Å². The first-order valence-electron chi connectivity index (χ1n) is 5.69. The minimum Gasteiger partial charge on any atom is -0.377 e. The Hall–Kier alpha value is -0.340. The molecule has 0 bridgehead atoms. The first-order valence-corrected chi connectivity index (χ1v) is 5.69. The van der Waals surface area contributed by atoms with E-state index in [1.165, 1.54) is 6.42 Å². The fraction of sp³-hybridized carbons (Fsp3) is 0.833. The molecule has 1 N–H and O–H groups in total. The highest BCUT2D eigenvalue weighted by Gasteiger charge is 2.18. The van der Waals surface area contributed by atoms with Crippen molar-refractivity contribution in [1.29, 1.82) is 0 Å². The third-order valence-electron chi connectivity index (χ3n) is 2.46. The van der Waals surface area contributed by atoms with Crippen LogP contribution in [-0.2, 0) is 4.74 Å². The van der Waals surface area contributed by atoms with E-state index in [0.29, 0.717) is 12.1 Å². The fourth-order valence-electron chi connectivity index (χ4n) is 1.71. The molecule has 0 aromatic heterocycles. The van der Waals surface area contributed by atoms with Crippen LogP contribution in [0.2, 0.25) is 0 Å². The summed E-state index contributed by atoms with van der Waals surface area (Å²) in [5.41, 5.74) is 0. The third-order valence-corrected chi connectivity index (χ3v) is 2.46. The molecule has 14 heavy (non-hydrogen) atoms. The van der Waals surface area contributed by atoms with Crippen molar-refractivity contribution in [3.05, 3.63) is 12.7 Å². The van der Waals surface area contributed by atoms with E-state index < -0.39 is 0 Å². The third kappa shape index (κ3) is 5.40. The quantitative estimate of drug-likeness (QED) is 0.577. The Morgan fingerprint density at radius 2 is 2.07 bits per heavy atom. The SMILES string of the molecule is C=CCCC(NC)C(CCC)OCC. The lowest BCUT2D eigenvalue weighted by Crippen LogP contribution is -2.39. The number of hydrogen-bond acceptors (Lipinski definition) is 2. The summed E-state index contributed by atoms with van der Waals surface area (Å²) >= 11 is 0. The first-order chi connectivity index (χ1) is 6.79. The number of hydrogen-bond donors (Lipinski definition) is 1. The van der Waals surface area contributed by atoms with Crippen LogP contribution >= 0.6 is 0 Å². The fourth-order valence-corrected chi connectivity index (χ4v) is 1.71. The van der Waals surface area contributed by atoms with Gasteiger partial charge in [-0.05, 0) is 33.2 Å². The molecule has 0 amide bonds. The van der Waals surface area contributed by atoms with Crippen LogP contribution in [0.3, 0.4) is 0 Å². The van der Waals surface area contributed by atoms with Gasteiger partial charge in [-0.2, -0.15) is 0 Å². The number of allylic oxidation sites excluding steroid dienone is 1. The summed E-state index contributed by atoms with van der Waals surface area (Å²) in [6.45, 7) is 8.81. The molecule has 0 radical (unpaired) electrons. The van der Waals surface area contributed by atoms with Gasteiger partial charge in [-0.25, -0.2) is 0 Å².